The summed E-state index contributed by atoms with van der Waals surface area (Å²) in [4.78, 5) is 23.8. The molecule has 2 aliphatic rings. The van der Waals surface area contributed by atoms with Gasteiger partial charge in [-0.15, -0.1) is 11.3 Å². The van der Waals surface area contributed by atoms with Crippen molar-refractivity contribution < 1.29 is 4.79 Å². The normalized spacial score (nSPS) is 25.6. The summed E-state index contributed by atoms with van der Waals surface area (Å²) < 4.78 is 0. The summed E-state index contributed by atoms with van der Waals surface area (Å²) in [6, 6.07) is 0. The van der Waals surface area contributed by atoms with Crippen molar-refractivity contribution in [2.75, 3.05) is 26.7 Å². The zero-order valence-electron chi connectivity index (χ0n) is 13.2. The van der Waals surface area contributed by atoms with E-state index in [1.54, 1.807) is 11.3 Å². The van der Waals surface area contributed by atoms with Gasteiger partial charge < -0.3 is 15.5 Å². The van der Waals surface area contributed by atoms with Gasteiger partial charge in [0.2, 0.25) is 5.91 Å². The van der Waals surface area contributed by atoms with Crippen LogP contribution in [0, 0.1) is 12.3 Å². The van der Waals surface area contributed by atoms with E-state index >= 15 is 0 Å². The third kappa shape index (κ3) is 3.09. The summed E-state index contributed by atoms with van der Waals surface area (Å²) in [7, 11) is 1.82. The van der Waals surface area contributed by atoms with Crippen molar-refractivity contribution >= 4 is 23.2 Å². The summed E-state index contributed by atoms with van der Waals surface area (Å²) in [5.74, 6) is 1.11. The second kappa shape index (κ2) is 6.24. The summed E-state index contributed by atoms with van der Waals surface area (Å²) in [6.07, 6.45) is 2.87. The van der Waals surface area contributed by atoms with Gasteiger partial charge in [-0.2, -0.15) is 0 Å². The number of thiazole rings is 1. The lowest BCUT2D eigenvalue weighted by atomic mass is 9.79. The van der Waals surface area contributed by atoms with E-state index in [4.69, 9.17) is 0 Å². The van der Waals surface area contributed by atoms with E-state index in [9.17, 15) is 4.79 Å². The molecule has 2 aliphatic heterocycles. The molecule has 120 valence electrons. The molecular weight excluding hydrogens is 298 g/mol. The first-order chi connectivity index (χ1) is 10.6. The first-order valence-electron chi connectivity index (χ1n) is 7.73. The van der Waals surface area contributed by atoms with Crippen molar-refractivity contribution in [2.24, 2.45) is 10.4 Å². The van der Waals surface area contributed by atoms with Gasteiger partial charge in [-0.1, -0.05) is 0 Å². The fourth-order valence-electron chi connectivity index (χ4n) is 3.42. The maximum Gasteiger partial charge on any atom is 0.220 e. The highest BCUT2D eigenvalue weighted by Crippen LogP contribution is 2.36. The number of aryl methyl sites for hydroxylation is 1. The number of aliphatic imine (C=N–C) groups is 1. The molecule has 0 aromatic carbocycles. The van der Waals surface area contributed by atoms with Gasteiger partial charge in [0.25, 0.3) is 0 Å². The van der Waals surface area contributed by atoms with Crippen LogP contribution in [-0.2, 0) is 11.3 Å². The molecule has 0 bridgehead atoms. The molecule has 1 unspecified atom stereocenters. The fourth-order valence-corrected chi connectivity index (χ4v) is 4.13. The van der Waals surface area contributed by atoms with E-state index in [1.807, 2.05) is 19.5 Å². The van der Waals surface area contributed by atoms with Crippen molar-refractivity contribution in [1.29, 1.82) is 0 Å². The highest BCUT2D eigenvalue weighted by atomic mass is 32.1. The number of carbonyl (C=O) groups is 1. The molecule has 1 spiro atoms. The molecule has 1 atom stereocenters. The molecule has 22 heavy (non-hydrogen) atoms. The van der Waals surface area contributed by atoms with Gasteiger partial charge in [0.05, 0.1) is 17.7 Å². The molecule has 0 radical (unpaired) electrons. The van der Waals surface area contributed by atoms with Crippen LogP contribution in [0.15, 0.2) is 10.5 Å². The van der Waals surface area contributed by atoms with Crippen LogP contribution in [-0.4, -0.2) is 48.4 Å². The van der Waals surface area contributed by atoms with E-state index in [1.165, 1.54) is 4.88 Å². The van der Waals surface area contributed by atoms with Gasteiger partial charge in [-0.25, -0.2) is 4.98 Å². The lowest BCUT2D eigenvalue weighted by Gasteiger charge is -2.40. The first-order valence-corrected chi connectivity index (χ1v) is 8.61. The maximum atomic E-state index is 11.6. The molecule has 2 fully saturated rings. The number of hydrogen-bond acceptors (Lipinski definition) is 4. The minimum Gasteiger partial charge on any atom is -0.355 e. The van der Waals surface area contributed by atoms with E-state index < -0.39 is 0 Å². The minimum absolute atomic E-state index is 0.0906. The van der Waals surface area contributed by atoms with Gasteiger partial charge in [0.1, 0.15) is 0 Å². The molecule has 0 saturated carbocycles. The van der Waals surface area contributed by atoms with Crippen LogP contribution >= 0.6 is 11.3 Å². The quantitative estimate of drug-likeness (QED) is 0.633. The Balaban J connectivity index is 1.63. The topological polar surface area (TPSA) is 69.6 Å². The highest BCUT2D eigenvalue weighted by molar-refractivity contribution is 7.09. The van der Waals surface area contributed by atoms with Crippen LogP contribution in [0.25, 0.3) is 0 Å². The highest BCUT2D eigenvalue weighted by Gasteiger charge is 2.42. The second-order valence-electron chi connectivity index (χ2n) is 6.24. The predicted octanol–water partition coefficient (Wildman–Crippen LogP) is 1.13. The number of carbonyl (C=O) groups excluding carboxylic acids is 1. The number of rotatable bonds is 2. The number of aromatic nitrogens is 1. The molecule has 7 heteroatoms. The monoisotopic (exact) mass is 321 g/mol. The standard InChI is InChI=1S/C15H23N5OS/c1-11-12(22-10-19-11)7-17-14(16-2)20-5-3-4-15(9-20)6-13(21)18-8-15/h10H,3-9H2,1-2H3,(H,16,17)(H,18,21). The zero-order chi connectivity index (χ0) is 15.6. The lowest BCUT2D eigenvalue weighted by molar-refractivity contribution is -0.119. The number of piperidine rings is 1. The molecule has 6 nitrogen and oxygen atoms in total. The summed E-state index contributed by atoms with van der Waals surface area (Å²) >= 11 is 1.67. The Hall–Kier alpha value is -1.63. The number of guanidine groups is 1. The zero-order valence-corrected chi connectivity index (χ0v) is 14.0. The number of hydrogen-bond donors (Lipinski definition) is 2. The third-order valence-electron chi connectivity index (χ3n) is 4.62. The Morgan fingerprint density at radius 2 is 2.50 bits per heavy atom. The van der Waals surface area contributed by atoms with Crippen LogP contribution in [0.3, 0.4) is 0 Å². The van der Waals surface area contributed by atoms with Crippen LogP contribution in [0.5, 0.6) is 0 Å². The maximum absolute atomic E-state index is 11.6. The molecule has 2 saturated heterocycles. The van der Waals surface area contributed by atoms with Crippen molar-refractivity contribution in [3.8, 4) is 0 Å². The number of amides is 1. The van der Waals surface area contributed by atoms with E-state index in [0.717, 1.165) is 50.7 Å². The number of likely N-dealkylation sites (tertiary alicyclic amines) is 1. The van der Waals surface area contributed by atoms with Gasteiger partial charge in [-0.3, -0.25) is 9.79 Å². The van der Waals surface area contributed by atoms with Crippen molar-refractivity contribution in [3.63, 3.8) is 0 Å². The van der Waals surface area contributed by atoms with Crippen molar-refractivity contribution in [1.82, 2.24) is 20.5 Å². The van der Waals surface area contributed by atoms with Crippen LogP contribution in [0.2, 0.25) is 0 Å². The Bertz CT molecular complexity index is 584. The number of nitrogens with zero attached hydrogens (tertiary/aromatic N) is 3. The molecule has 0 aliphatic carbocycles. The van der Waals surface area contributed by atoms with Crippen LogP contribution in [0.4, 0.5) is 0 Å². The lowest BCUT2D eigenvalue weighted by Crippen LogP contribution is -2.51. The SMILES string of the molecule is CN=C(NCc1scnc1C)N1CCCC2(CNC(=O)C2)C1. The summed E-state index contributed by atoms with van der Waals surface area (Å²) in [6.45, 7) is 5.48. The average molecular weight is 321 g/mol. The van der Waals surface area contributed by atoms with E-state index in [-0.39, 0.29) is 11.3 Å². The summed E-state index contributed by atoms with van der Waals surface area (Å²) in [5.41, 5.74) is 3.04. The Morgan fingerprint density at radius 3 is 3.14 bits per heavy atom. The molecule has 1 aromatic heterocycles. The number of nitrogens with one attached hydrogen (secondary N) is 2. The van der Waals surface area contributed by atoms with E-state index in [0.29, 0.717) is 6.42 Å². The smallest absolute Gasteiger partial charge is 0.220 e. The average Bonchev–Trinajstić information content (AvgIpc) is 3.07. The van der Waals surface area contributed by atoms with Gasteiger partial charge in [0.15, 0.2) is 5.96 Å². The van der Waals surface area contributed by atoms with E-state index in [2.05, 4.69) is 25.5 Å². The van der Waals surface area contributed by atoms with Crippen molar-refractivity contribution in [2.45, 2.75) is 32.7 Å². The van der Waals surface area contributed by atoms with Crippen molar-refractivity contribution in [3.05, 3.63) is 16.1 Å². The third-order valence-corrected chi connectivity index (χ3v) is 5.56. The van der Waals surface area contributed by atoms with Crippen LogP contribution < -0.4 is 10.6 Å². The Labute approximate surface area is 135 Å². The first kappa shape index (κ1) is 15.3. The molecule has 2 N–H and O–H groups in total. The molecular formula is C15H23N5OS. The van der Waals surface area contributed by atoms with Gasteiger partial charge >= 0.3 is 0 Å². The second-order valence-corrected chi connectivity index (χ2v) is 7.18. The fraction of sp³-hybridized carbons (Fsp3) is 0.667. The molecule has 3 heterocycles. The van der Waals surface area contributed by atoms with Gasteiger partial charge in [-0.05, 0) is 19.8 Å². The van der Waals surface area contributed by atoms with Gasteiger partial charge in [0, 0.05) is 43.4 Å². The summed E-state index contributed by atoms with van der Waals surface area (Å²) in [5, 5.41) is 6.43. The Kier molecular flexibility index (Phi) is 4.33. The molecule has 1 amide bonds. The predicted molar refractivity (Wildman–Crippen MR) is 87.9 cm³/mol. The molecule has 3 rings (SSSR count). The Morgan fingerprint density at radius 1 is 1.64 bits per heavy atom. The van der Waals surface area contributed by atoms with Crippen LogP contribution in [0.1, 0.15) is 29.8 Å². The molecule has 1 aromatic rings. The minimum atomic E-state index is 0.0906. The largest absolute Gasteiger partial charge is 0.355 e.